The number of nitro benzene ring substituents is 1. The monoisotopic (exact) mass is 421 g/mol. The van der Waals surface area contributed by atoms with Crippen LogP contribution in [0.2, 0.25) is 0 Å². The highest BCUT2D eigenvalue weighted by Gasteiger charge is 2.26. The van der Waals surface area contributed by atoms with E-state index in [4.69, 9.17) is 5.21 Å². The third kappa shape index (κ3) is 4.43. The minimum atomic E-state index is -0.907. The molecule has 30 heavy (non-hydrogen) atoms. The molecule has 0 atom stereocenters. The lowest BCUT2D eigenvalue weighted by atomic mass is 10.1. The Morgan fingerprint density at radius 2 is 1.77 bits per heavy atom. The molecule has 2 aromatic carbocycles. The lowest BCUT2D eigenvalue weighted by molar-refractivity contribution is -0.384. The van der Waals surface area contributed by atoms with Gasteiger partial charge in [-0.15, -0.1) is 0 Å². The Labute approximate surface area is 168 Å². The first-order valence-corrected chi connectivity index (χ1v) is 8.79. The molecule has 0 spiro atoms. The number of urea groups is 1. The van der Waals surface area contributed by atoms with E-state index in [1.807, 2.05) is 0 Å². The Balaban J connectivity index is 1.70. The fraction of sp³-hybridized carbons (Fsp3) is 0.222. The van der Waals surface area contributed by atoms with E-state index in [1.165, 1.54) is 22.5 Å². The highest BCUT2D eigenvalue weighted by Crippen LogP contribution is 2.27. The third-order valence-electron chi connectivity index (χ3n) is 4.61. The average Bonchev–Trinajstić information content (AvgIpc) is 2.75. The molecular weight excluding hydrogens is 404 g/mol. The first kappa shape index (κ1) is 20.9. The Hall–Kier alpha value is -3.80. The number of nitrogens with zero attached hydrogens (tertiary/aromatic N) is 3. The van der Waals surface area contributed by atoms with Gasteiger partial charge in [0, 0.05) is 44.4 Å². The number of nitro groups is 1. The number of benzene rings is 2. The third-order valence-corrected chi connectivity index (χ3v) is 4.61. The Kier molecular flexibility index (Phi) is 6.06. The molecule has 3 N–H and O–H groups in total. The predicted molar refractivity (Wildman–Crippen MR) is 102 cm³/mol. The van der Waals surface area contributed by atoms with Crippen LogP contribution < -0.4 is 15.7 Å². The fourth-order valence-corrected chi connectivity index (χ4v) is 3.09. The molecule has 1 heterocycles. The number of nitrogens with one attached hydrogen (secondary N) is 2. The summed E-state index contributed by atoms with van der Waals surface area (Å²) in [5.41, 5.74) is 1.13. The molecular formula is C18H17F2N5O5. The van der Waals surface area contributed by atoms with Gasteiger partial charge in [0.05, 0.1) is 21.9 Å². The largest absolute Gasteiger partial charge is 0.367 e. The van der Waals surface area contributed by atoms with Crippen LogP contribution in [0.1, 0.15) is 10.4 Å². The molecule has 1 saturated heterocycles. The summed E-state index contributed by atoms with van der Waals surface area (Å²) in [6.45, 7) is 0.922. The maximum absolute atomic E-state index is 13.7. The number of piperazine rings is 1. The second-order valence-corrected chi connectivity index (χ2v) is 6.43. The molecule has 0 unspecified atom stereocenters. The molecule has 0 radical (unpaired) electrons. The van der Waals surface area contributed by atoms with E-state index < -0.39 is 28.5 Å². The Morgan fingerprint density at radius 3 is 2.40 bits per heavy atom. The van der Waals surface area contributed by atoms with E-state index in [2.05, 4.69) is 5.32 Å². The second kappa shape index (κ2) is 8.69. The minimum absolute atomic E-state index is 0.0913. The number of hydroxylamine groups is 1. The molecule has 0 saturated carbocycles. The zero-order valence-electron chi connectivity index (χ0n) is 15.5. The van der Waals surface area contributed by atoms with Gasteiger partial charge < -0.3 is 15.1 Å². The van der Waals surface area contributed by atoms with Gasteiger partial charge in [0.2, 0.25) is 0 Å². The lowest BCUT2D eigenvalue weighted by Crippen LogP contribution is -2.50. The van der Waals surface area contributed by atoms with Crippen molar-refractivity contribution in [3.63, 3.8) is 0 Å². The van der Waals surface area contributed by atoms with Crippen LogP contribution in [0.5, 0.6) is 0 Å². The predicted octanol–water partition coefficient (Wildman–Crippen LogP) is 2.35. The average molecular weight is 421 g/mol. The number of carbonyl (C=O) groups excluding carboxylic acids is 2. The highest BCUT2D eigenvalue weighted by atomic mass is 19.1. The van der Waals surface area contributed by atoms with Gasteiger partial charge in [-0.1, -0.05) is 0 Å². The van der Waals surface area contributed by atoms with Crippen molar-refractivity contribution in [1.82, 2.24) is 10.4 Å². The van der Waals surface area contributed by atoms with Gasteiger partial charge in [0.25, 0.3) is 11.6 Å². The number of rotatable bonds is 4. The second-order valence-electron chi connectivity index (χ2n) is 6.43. The van der Waals surface area contributed by atoms with E-state index in [-0.39, 0.29) is 43.1 Å². The number of hydrogen-bond donors (Lipinski definition) is 3. The number of anilines is 2. The molecule has 3 amide bonds. The van der Waals surface area contributed by atoms with Crippen molar-refractivity contribution in [2.75, 3.05) is 36.4 Å². The summed E-state index contributed by atoms with van der Waals surface area (Å²) in [6, 6.07) is 5.78. The molecule has 0 aliphatic carbocycles. The van der Waals surface area contributed by atoms with Gasteiger partial charge in [-0.25, -0.2) is 19.1 Å². The summed E-state index contributed by atoms with van der Waals surface area (Å²) in [4.78, 5) is 37.7. The van der Waals surface area contributed by atoms with Crippen LogP contribution in [0.25, 0.3) is 0 Å². The molecule has 10 nitrogen and oxygen atoms in total. The van der Waals surface area contributed by atoms with Gasteiger partial charge in [0.1, 0.15) is 11.6 Å². The van der Waals surface area contributed by atoms with E-state index in [0.29, 0.717) is 5.69 Å². The Bertz CT molecular complexity index is 995. The molecule has 1 aliphatic heterocycles. The van der Waals surface area contributed by atoms with Crippen molar-refractivity contribution < 1.29 is 28.5 Å². The fourth-order valence-electron chi connectivity index (χ4n) is 3.09. The van der Waals surface area contributed by atoms with Crippen LogP contribution in [0, 0.1) is 21.7 Å². The highest BCUT2D eigenvalue weighted by molar-refractivity contribution is 6.00. The standard InChI is InChI=1S/C18H17F2N5O5/c19-11-1-3-14(20)15(9-11)21-18(27)24-7-5-23(6-8-24)16-4-2-12(25(29)30)10-13(16)17(26)22-28/h1-4,9-10,28H,5-8H2,(H,21,27)(H,22,26). The zero-order chi connectivity index (χ0) is 21.8. The van der Waals surface area contributed by atoms with Gasteiger partial charge >= 0.3 is 6.03 Å². The van der Waals surface area contributed by atoms with Crippen LogP contribution >= 0.6 is 0 Å². The summed E-state index contributed by atoms with van der Waals surface area (Å²) in [5.74, 6) is -2.37. The molecule has 0 aromatic heterocycles. The number of carbonyl (C=O) groups is 2. The van der Waals surface area contributed by atoms with E-state index in [9.17, 15) is 28.5 Å². The first-order chi connectivity index (χ1) is 14.3. The van der Waals surface area contributed by atoms with Crippen LogP contribution in [-0.2, 0) is 0 Å². The molecule has 3 rings (SSSR count). The van der Waals surface area contributed by atoms with E-state index in [1.54, 1.807) is 4.90 Å². The van der Waals surface area contributed by atoms with Gasteiger partial charge in [0.15, 0.2) is 0 Å². The lowest BCUT2D eigenvalue weighted by Gasteiger charge is -2.36. The number of non-ortho nitro benzene ring substituents is 1. The van der Waals surface area contributed by atoms with Crippen LogP contribution in [0.4, 0.5) is 30.6 Å². The van der Waals surface area contributed by atoms with Gasteiger partial charge in [-0.05, 0) is 18.2 Å². The normalized spacial score (nSPS) is 13.7. The maximum Gasteiger partial charge on any atom is 0.322 e. The maximum atomic E-state index is 13.7. The number of hydrogen-bond acceptors (Lipinski definition) is 6. The molecule has 158 valence electrons. The molecule has 2 aromatic rings. The van der Waals surface area contributed by atoms with Gasteiger partial charge in [-0.2, -0.15) is 0 Å². The first-order valence-electron chi connectivity index (χ1n) is 8.79. The molecule has 0 bridgehead atoms. The molecule has 1 aliphatic rings. The summed E-state index contributed by atoms with van der Waals surface area (Å²) in [7, 11) is 0. The summed E-state index contributed by atoms with van der Waals surface area (Å²) in [5, 5.41) is 22.2. The number of halogens is 2. The summed E-state index contributed by atoms with van der Waals surface area (Å²) >= 11 is 0. The van der Waals surface area contributed by atoms with Crippen molar-refractivity contribution in [2.45, 2.75) is 0 Å². The van der Waals surface area contributed by atoms with E-state index in [0.717, 1.165) is 24.3 Å². The Morgan fingerprint density at radius 1 is 1.07 bits per heavy atom. The van der Waals surface area contributed by atoms with Crippen molar-refractivity contribution >= 4 is 29.0 Å². The quantitative estimate of drug-likeness (QED) is 0.395. The molecule has 1 fully saturated rings. The summed E-state index contributed by atoms with van der Waals surface area (Å²) < 4.78 is 27.0. The van der Waals surface area contributed by atoms with E-state index >= 15 is 0 Å². The zero-order valence-corrected chi connectivity index (χ0v) is 15.5. The van der Waals surface area contributed by atoms with Crippen LogP contribution in [-0.4, -0.2) is 53.1 Å². The van der Waals surface area contributed by atoms with Crippen molar-refractivity contribution in [2.24, 2.45) is 0 Å². The van der Waals surface area contributed by atoms with Gasteiger partial charge in [-0.3, -0.25) is 20.1 Å². The van der Waals surface area contributed by atoms with Crippen LogP contribution in [0.15, 0.2) is 36.4 Å². The smallest absolute Gasteiger partial charge is 0.322 e. The number of amides is 3. The van der Waals surface area contributed by atoms with Crippen molar-refractivity contribution in [3.8, 4) is 0 Å². The van der Waals surface area contributed by atoms with Crippen molar-refractivity contribution in [1.29, 1.82) is 0 Å². The molecule has 12 heteroatoms. The summed E-state index contributed by atoms with van der Waals surface area (Å²) in [6.07, 6.45) is 0. The SMILES string of the molecule is O=C(NO)c1cc([N+](=O)[O-])ccc1N1CCN(C(=O)Nc2cc(F)ccc2F)CC1. The topological polar surface area (TPSA) is 128 Å². The minimum Gasteiger partial charge on any atom is -0.367 e. The van der Waals surface area contributed by atoms with Crippen molar-refractivity contribution in [3.05, 3.63) is 63.7 Å². The van der Waals surface area contributed by atoms with Crippen LogP contribution in [0.3, 0.4) is 0 Å².